The number of carbonyl (C=O) groups excluding carboxylic acids is 1. The third-order valence-corrected chi connectivity index (χ3v) is 3.82. The molecule has 5 nitrogen and oxygen atoms in total. The third-order valence-electron chi connectivity index (χ3n) is 3.82. The molecule has 5 heteroatoms. The lowest BCUT2D eigenvalue weighted by Crippen LogP contribution is -2.18. The van der Waals surface area contributed by atoms with Gasteiger partial charge in [0.05, 0.1) is 0 Å². The van der Waals surface area contributed by atoms with Crippen molar-refractivity contribution in [2.24, 2.45) is 0 Å². The predicted molar refractivity (Wildman–Crippen MR) is 75.9 cm³/mol. The van der Waals surface area contributed by atoms with Crippen molar-refractivity contribution in [2.45, 2.75) is 18.4 Å². The van der Waals surface area contributed by atoms with Gasteiger partial charge in [0, 0.05) is 30.8 Å². The summed E-state index contributed by atoms with van der Waals surface area (Å²) >= 11 is 0. The molecule has 1 saturated carbocycles. The van der Waals surface area contributed by atoms with Gasteiger partial charge in [-0.25, -0.2) is 0 Å². The van der Waals surface area contributed by atoms with E-state index in [2.05, 4.69) is 10.3 Å². The molecule has 4 rings (SSSR count). The number of aromatic nitrogens is 1. The number of hydrogen-bond donors (Lipinski definition) is 1. The van der Waals surface area contributed by atoms with Crippen LogP contribution < -0.4 is 14.8 Å². The van der Waals surface area contributed by atoms with Crippen LogP contribution in [0.25, 0.3) is 0 Å². The summed E-state index contributed by atoms with van der Waals surface area (Å²) in [7, 11) is 1.57. The van der Waals surface area contributed by atoms with Gasteiger partial charge in [0.15, 0.2) is 0 Å². The van der Waals surface area contributed by atoms with Gasteiger partial charge in [0.25, 0.3) is 5.91 Å². The SMILES string of the molecule is CNC(=O)c1cc(Oc2ccc3c(c2)[C@H]2C[C@H]2O3)ccn1. The van der Waals surface area contributed by atoms with Crippen LogP contribution in [-0.4, -0.2) is 24.0 Å². The highest BCUT2D eigenvalue weighted by atomic mass is 16.5. The average molecular weight is 282 g/mol. The highest BCUT2D eigenvalue weighted by Crippen LogP contribution is 2.54. The largest absolute Gasteiger partial charge is 0.489 e. The van der Waals surface area contributed by atoms with E-state index in [4.69, 9.17) is 9.47 Å². The first kappa shape index (κ1) is 12.2. The first-order valence-corrected chi connectivity index (χ1v) is 6.91. The maximum Gasteiger partial charge on any atom is 0.269 e. The van der Waals surface area contributed by atoms with Gasteiger partial charge in [0.1, 0.15) is 29.0 Å². The quantitative estimate of drug-likeness (QED) is 0.939. The zero-order chi connectivity index (χ0) is 14.4. The number of ether oxygens (including phenoxy) is 2. The Morgan fingerprint density at radius 1 is 1.33 bits per heavy atom. The highest BCUT2D eigenvalue weighted by Gasteiger charge is 2.48. The standard InChI is InChI=1S/C16H14N2O3/c1-17-16(19)13-7-10(4-5-18-13)20-9-2-3-14-11(6-9)12-8-15(12)21-14/h2-7,12,15H,8H2,1H3,(H,17,19)/t12-,15-/m1/s1. The van der Waals surface area contributed by atoms with Crippen LogP contribution in [0.4, 0.5) is 0 Å². The van der Waals surface area contributed by atoms with E-state index >= 15 is 0 Å². The molecule has 0 saturated heterocycles. The zero-order valence-electron chi connectivity index (χ0n) is 11.5. The fourth-order valence-corrected chi connectivity index (χ4v) is 2.64. The molecule has 0 spiro atoms. The third kappa shape index (κ3) is 2.11. The lowest BCUT2D eigenvalue weighted by Gasteiger charge is -2.09. The Bertz CT molecular complexity index is 729. The summed E-state index contributed by atoms with van der Waals surface area (Å²) in [5.41, 5.74) is 1.56. The van der Waals surface area contributed by atoms with E-state index in [1.165, 1.54) is 5.56 Å². The molecule has 0 bridgehead atoms. The van der Waals surface area contributed by atoms with E-state index in [0.717, 1.165) is 17.9 Å². The van der Waals surface area contributed by atoms with Crippen molar-refractivity contribution in [3.05, 3.63) is 47.8 Å². The number of amides is 1. The van der Waals surface area contributed by atoms with Crippen molar-refractivity contribution in [1.82, 2.24) is 10.3 Å². The molecule has 1 amide bonds. The van der Waals surface area contributed by atoms with Crippen LogP contribution in [0.5, 0.6) is 17.2 Å². The zero-order valence-corrected chi connectivity index (χ0v) is 11.5. The molecular formula is C16H14N2O3. The molecule has 1 aromatic carbocycles. The average Bonchev–Trinajstić information content (AvgIpc) is 3.20. The number of hydrogen-bond acceptors (Lipinski definition) is 4. The van der Waals surface area contributed by atoms with Crippen LogP contribution >= 0.6 is 0 Å². The Hall–Kier alpha value is -2.56. The van der Waals surface area contributed by atoms with Crippen molar-refractivity contribution in [3.8, 4) is 17.2 Å². The normalized spacial score (nSPS) is 21.0. The lowest BCUT2D eigenvalue weighted by molar-refractivity contribution is 0.0958. The Labute approximate surface area is 121 Å². The van der Waals surface area contributed by atoms with Crippen LogP contribution in [0.2, 0.25) is 0 Å². The molecule has 2 atom stereocenters. The first-order valence-electron chi connectivity index (χ1n) is 6.91. The Morgan fingerprint density at radius 2 is 2.19 bits per heavy atom. The summed E-state index contributed by atoms with van der Waals surface area (Å²) in [6, 6.07) is 9.20. The molecule has 1 aliphatic heterocycles. The van der Waals surface area contributed by atoms with E-state index in [0.29, 0.717) is 23.5 Å². The van der Waals surface area contributed by atoms with Gasteiger partial charge in [0.2, 0.25) is 0 Å². The van der Waals surface area contributed by atoms with Crippen molar-refractivity contribution in [1.29, 1.82) is 0 Å². The fourth-order valence-electron chi connectivity index (χ4n) is 2.64. The van der Waals surface area contributed by atoms with Crippen molar-refractivity contribution >= 4 is 5.91 Å². The van der Waals surface area contributed by atoms with Gasteiger partial charge in [-0.15, -0.1) is 0 Å². The summed E-state index contributed by atoms with van der Waals surface area (Å²) in [4.78, 5) is 15.6. The number of rotatable bonds is 3. The summed E-state index contributed by atoms with van der Waals surface area (Å²) in [6.45, 7) is 0. The molecule has 1 aromatic heterocycles. The minimum Gasteiger partial charge on any atom is -0.489 e. The fraction of sp³-hybridized carbons (Fsp3) is 0.250. The minimum absolute atomic E-state index is 0.233. The second-order valence-corrected chi connectivity index (χ2v) is 5.26. The molecule has 21 heavy (non-hydrogen) atoms. The molecule has 0 radical (unpaired) electrons. The maximum atomic E-state index is 11.6. The molecular weight excluding hydrogens is 268 g/mol. The number of pyridine rings is 1. The van der Waals surface area contributed by atoms with Crippen LogP contribution in [0.1, 0.15) is 28.4 Å². The second-order valence-electron chi connectivity index (χ2n) is 5.26. The van der Waals surface area contributed by atoms with Gasteiger partial charge >= 0.3 is 0 Å². The molecule has 1 N–H and O–H groups in total. The molecule has 2 heterocycles. The van der Waals surface area contributed by atoms with E-state index in [9.17, 15) is 4.79 Å². The summed E-state index contributed by atoms with van der Waals surface area (Å²) in [5.74, 6) is 2.60. The van der Waals surface area contributed by atoms with Gasteiger partial charge in [-0.2, -0.15) is 0 Å². The van der Waals surface area contributed by atoms with Crippen LogP contribution in [0.3, 0.4) is 0 Å². The van der Waals surface area contributed by atoms with E-state index in [1.807, 2.05) is 18.2 Å². The maximum absolute atomic E-state index is 11.6. The van der Waals surface area contributed by atoms with Gasteiger partial charge in [-0.1, -0.05) is 0 Å². The van der Waals surface area contributed by atoms with Crippen LogP contribution in [-0.2, 0) is 0 Å². The number of carbonyl (C=O) groups is 1. The molecule has 1 fully saturated rings. The smallest absolute Gasteiger partial charge is 0.269 e. The highest BCUT2D eigenvalue weighted by molar-refractivity contribution is 5.92. The Balaban J connectivity index is 1.59. The van der Waals surface area contributed by atoms with Crippen LogP contribution in [0.15, 0.2) is 36.5 Å². The Morgan fingerprint density at radius 3 is 3.05 bits per heavy atom. The van der Waals surface area contributed by atoms with E-state index in [1.54, 1.807) is 25.4 Å². The minimum atomic E-state index is -0.233. The number of nitrogens with one attached hydrogen (secondary N) is 1. The molecule has 2 aliphatic rings. The number of nitrogens with zero attached hydrogens (tertiary/aromatic N) is 1. The topological polar surface area (TPSA) is 60.5 Å². The summed E-state index contributed by atoms with van der Waals surface area (Å²) in [5, 5.41) is 2.54. The monoisotopic (exact) mass is 282 g/mol. The predicted octanol–water partition coefficient (Wildman–Crippen LogP) is 2.48. The van der Waals surface area contributed by atoms with Gasteiger partial charge in [-0.3, -0.25) is 9.78 Å². The molecule has 2 aromatic rings. The van der Waals surface area contributed by atoms with Crippen molar-refractivity contribution < 1.29 is 14.3 Å². The molecule has 106 valence electrons. The van der Waals surface area contributed by atoms with Crippen molar-refractivity contribution in [2.75, 3.05) is 7.05 Å². The summed E-state index contributed by atoms with van der Waals surface area (Å²) in [6.07, 6.45) is 3.04. The first-order chi connectivity index (χ1) is 10.2. The Kier molecular flexibility index (Phi) is 2.60. The van der Waals surface area contributed by atoms with E-state index in [-0.39, 0.29) is 5.91 Å². The van der Waals surface area contributed by atoms with Gasteiger partial charge in [-0.05, 0) is 30.7 Å². The van der Waals surface area contributed by atoms with Crippen molar-refractivity contribution in [3.63, 3.8) is 0 Å². The van der Waals surface area contributed by atoms with E-state index < -0.39 is 0 Å². The molecule has 0 unspecified atom stereocenters. The lowest BCUT2D eigenvalue weighted by atomic mass is 10.1. The number of benzene rings is 1. The second kappa shape index (κ2) is 4.48. The van der Waals surface area contributed by atoms with Gasteiger partial charge < -0.3 is 14.8 Å². The number of fused-ring (bicyclic) bond motifs is 3. The van der Waals surface area contributed by atoms with Crippen LogP contribution in [0, 0.1) is 0 Å². The summed E-state index contributed by atoms with van der Waals surface area (Å²) < 4.78 is 11.6. The molecule has 1 aliphatic carbocycles.